The van der Waals surface area contributed by atoms with Crippen molar-refractivity contribution in [1.29, 1.82) is 0 Å². The first-order valence-corrected chi connectivity index (χ1v) is 4.07. The molecule has 0 aliphatic heterocycles. The zero-order chi connectivity index (χ0) is 7.98. The van der Waals surface area contributed by atoms with Gasteiger partial charge in [0.2, 0.25) is 0 Å². The largest absolute Gasteiger partial charge is 0.395 e. The molecule has 0 bridgehead atoms. The Kier molecular flexibility index (Phi) is 6.54. The Labute approximate surface area is 70.8 Å². The van der Waals surface area contributed by atoms with Gasteiger partial charge < -0.3 is 10.2 Å². The number of alkyl halides is 2. The summed E-state index contributed by atoms with van der Waals surface area (Å²) in [6.07, 6.45) is 1.29. The second-order valence-electron chi connectivity index (χ2n) is 2.14. The molecule has 0 fully saturated rings. The molecule has 0 radical (unpaired) electrons. The van der Waals surface area contributed by atoms with Crippen LogP contribution in [-0.2, 0) is 0 Å². The van der Waals surface area contributed by atoms with Gasteiger partial charge in [-0.2, -0.15) is 0 Å². The van der Waals surface area contributed by atoms with E-state index in [9.17, 15) is 0 Å². The Morgan fingerprint density at radius 2 is 1.20 bits per heavy atom. The van der Waals surface area contributed by atoms with Crippen LogP contribution in [0.15, 0.2) is 0 Å². The predicted molar refractivity (Wildman–Crippen MR) is 42.7 cm³/mol. The van der Waals surface area contributed by atoms with E-state index in [1.807, 2.05) is 0 Å². The molecule has 2 nitrogen and oxygen atoms in total. The second kappa shape index (κ2) is 6.23. The number of aliphatic hydroxyl groups is 2. The Morgan fingerprint density at radius 3 is 1.40 bits per heavy atom. The minimum atomic E-state index is -0.229. The fourth-order valence-corrected chi connectivity index (χ4v) is 0.796. The van der Waals surface area contributed by atoms with E-state index in [4.69, 9.17) is 33.4 Å². The highest BCUT2D eigenvalue weighted by Crippen LogP contribution is 2.10. The van der Waals surface area contributed by atoms with Crippen LogP contribution in [0.5, 0.6) is 0 Å². The molecule has 0 saturated heterocycles. The summed E-state index contributed by atoms with van der Waals surface area (Å²) in [4.78, 5) is 0. The van der Waals surface area contributed by atoms with Crippen LogP contribution in [-0.4, -0.2) is 34.2 Å². The molecule has 0 aromatic heterocycles. The normalized spacial score (nSPS) is 16.8. The lowest BCUT2D eigenvalue weighted by Gasteiger charge is -2.07. The van der Waals surface area contributed by atoms with Crippen molar-refractivity contribution in [2.75, 3.05) is 13.2 Å². The average Bonchev–Trinajstić information content (AvgIpc) is 1.99. The highest BCUT2D eigenvalue weighted by atomic mass is 35.5. The minimum Gasteiger partial charge on any atom is -0.395 e. The van der Waals surface area contributed by atoms with E-state index >= 15 is 0 Å². The van der Waals surface area contributed by atoms with E-state index in [0.29, 0.717) is 12.8 Å². The van der Waals surface area contributed by atoms with E-state index in [0.717, 1.165) is 0 Å². The molecule has 0 aromatic rings. The van der Waals surface area contributed by atoms with Crippen LogP contribution < -0.4 is 0 Å². The maximum atomic E-state index is 8.48. The Morgan fingerprint density at radius 1 is 0.900 bits per heavy atom. The summed E-state index contributed by atoms with van der Waals surface area (Å²) in [5.41, 5.74) is 0. The van der Waals surface area contributed by atoms with Gasteiger partial charge in [0, 0.05) is 0 Å². The molecule has 0 aromatic carbocycles. The fraction of sp³-hybridized carbons (Fsp3) is 1.00. The van der Waals surface area contributed by atoms with Gasteiger partial charge in [-0.15, -0.1) is 23.2 Å². The number of aliphatic hydroxyl groups excluding tert-OH is 2. The second-order valence-corrected chi connectivity index (χ2v) is 3.37. The number of hydrogen-bond donors (Lipinski definition) is 2. The quantitative estimate of drug-likeness (QED) is 0.629. The van der Waals surface area contributed by atoms with Gasteiger partial charge in [-0.25, -0.2) is 0 Å². The van der Waals surface area contributed by atoms with Crippen molar-refractivity contribution in [1.82, 2.24) is 0 Å². The van der Waals surface area contributed by atoms with Gasteiger partial charge in [0.05, 0.1) is 24.0 Å². The molecule has 0 rings (SSSR count). The Hall–Kier alpha value is 0.500. The van der Waals surface area contributed by atoms with Crippen molar-refractivity contribution in [3.8, 4) is 0 Å². The molecule has 0 amide bonds. The van der Waals surface area contributed by atoms with Gasteiger partial charge in [0.25, 0.3) is 0 Å². The third-order valence-corrected chi connectivity index (χ3v) is 1.90. The van der Waals surface area contributed by atoms with Crippen molar-refractivity contribution < 1.29 is 10.2 Å². The predicted octanol–water partition coefficient (Wildman–Crippen LogP) is 0.966. The van der Waals surface area contributed by atoms with Crippen LogP contribution in [0.4, 0.5) is 0 Å². The number of halogens is 2. The van der Waals surface area contributed by atoms with Crippen molar-refractivity contribution in [3.05, 3.63) is 0 Å². The molecule has 2 atom stereocenters. The van der Waals surface area contributed by atoms with Gasteiger partial charge in [-0.1, -0.05) is 0 Å². The molecule has 10 heavy (non-hydrogen) atoms. The monoisotopic (exact) mass is 186 g/mol. The zero-order valence-corrected chi connectivity index (χ0v) is 7.15. The molecular formula is C6H12Cl2O2. The maximum Gasteiger partial charge on any atom is 0.0595 e. The first-order chi connectivity index (χ1) is 4.70. The van der Waals surface area contributed by atoms with Gasteiger partial charge in [-0.05, 0) is 12.8 Å². The lowest BCUT2D eigenvalue weighted by molar-refractivity contribution is 0.270. The van der Waals surface area contributed by atoms with Gasteiger partial charge in [-0.3, -0.25) is 0 Å². The first-order valence-electron chi connectivity index (χ1n) is 3.20. The summed E-state index contributed by atoms with van der Waals surface area (Å²) < 4.78 is 0. The smallest absolute Gasteiger partial charge is 0.0595 e. The molecule has 0 aliphatic rings. The van der Waals surface area contributed by atoms with Crippen molar-refractivity contribution in [2.45, 2.75) is 23.6 Å². The molecule has 0 heterocycles. The summed E-state index contributed by atoms with van der Waals surface area (Å²) in [5, 5.41) is 16.5. The van der Waals surface area contributed by atoms with Crippen LogP contribution in [0.2, 0.25) is 0 Å². The highest BCUT2D eigenvalue weighted by molar-refractivity contribution is 6.21. The van der Waals surface area contributed by atoms with E-state index in [1.54, 1.807) is 0 Å². The van der Waals surface area contributed by atoms with E-state index in [1.165, 1.54) is 0 Å². The lowest BCUT2D eigenvalue weighted by atomic mass is 10.2. The van der Waals surface area contributed by atoms with E-state index in [2.05, 4.69) is 0 Å². The molecule has 0 unspecified atom stereocenters. The Bertz CT molecular complexity index is 70.1. The standard InChI is InChI=1S/C6H12Cl2O2/c7-5(3-9)1-2-6(8)4-10/h5-6,9-10H,1-4H2/t5-,6-/m1/s1. The minimum absolute atomic E-state index is 0.0312. The third-order valence-electron chi connectivity index (χ3n) is 1.19. The SMILES string of the molecule is OC[C@H](Cl)CC[C@@H](Cl)CO. The van der Waals surface area contributed by atoms with Gasteiger partial charge >= 0.3 is 0 Å². The molecular weight excluding hydrogens is 175 g/mol. The average molecular weight is 187 g/mol. The molecule has 4 heteroatoms. The molecule has 2 N–H and O–H groups in total. The van der Waals surface area contributed by atoms with Crippen LogP contribution in [0, 0.1) is 0 Å². The molecule has 0 saturated carbocycles. The van der Waals surface area contributed by atoms with Crippen LogP contribution in [0.25, 0.3) is 0 Å². The third kappa shape index (κ3) is 5.30. The first kappa shape index (κ1) is 10.5. The van der Waals surface area contributed by atoms with Crippen LogP contribution in [0.1, 0.15) is 12.8 Å². The number of hydrogen-bond acceptors (Lipinski definition) is 2. The fourth-order valence-electron chi connectivity index (χ4n) is 0.544. The van der Waals surface area contributed by atoms with E-state index in [-0.39, 0.29) is 24.0 Å². The topological polar surface area (TPSA) is 40.5 Å². The van der Waals surface area contributed by atoms with Crippen molar-refractivity contribution >= 4 is 23.2 Å². The maximum absolute atomic E-state index is 8.48. The van der Waals surface area contributed by atoms with Gasteiger partial charge in [0.1, 0.15) is 0 Å². The van der Waals surface area contributed by atoms with Gasteiger partial charge in [0.15, 0.2) is 0 Å². The lowest BCUT2D eigenvalue weighted by Crippen LogP contribution is -2.10. The summed E-state index contributed by atoms with van der Waals surface area (Å²) >= 11 is 11.2. The number of rotatable bonds is 5. The van der Waals surface area contributed by atoms with Crippen molar-refractivity contribution in [2.24, 2.45) is 0 Å². The summed E-state index contributed by atoms with van der Waals surface area (Å²) in [6, 6.07) is 0. The highest BCUT2D eigenvalue weighted by Gasteiger charge is 2.06. The zero-order valence-electron chi connectivity index (χ0n) is 5.63. The molecule has 0 aliphatic carbocycles. The van der Waals surface area contributed by atoms with Crippen LogP contribution in [0.3, 0.4) is 0 Å². The van der Waals surface area contributed by atoms with Crippen molar-refractivity contribution in [3.63, 3.8) is 0 Å². The molecule has 0 spiro atoms. The summed E-state index contributed by atoms with van der Waals surface area (Å²) in [6.45, 7) is -0.0623. The van der Waals surface area contributed by atoms with Crippen LogP contribution >= 0.6 is 23.2 Å². The molecule has 62 valence electrons. The van der Waals surface area contributed by atoms with E-state index < -0.39 is 0 Å². The Balaban J connectivity index is 3.17. The summed E-state index contributed by atoms with van der Waals surface area (Å²) in [5.74, 6) is 0. The summed E-state index contributed by atoms with van der Waals surface area (Å²) in [7, 11) is 0.